The Bertz CT molecular complexity index is 746. The van der Waals surface area contributed by atoms with Crippen LogP contribution in [0, 0.1) is 0 Å². The molecule has 0 saturated carbocycles. The summed E-state index contributed by atoms with van der Waals surface area (Å²) in [4.78, 5) is 13.7. The molecule has 25 heavy (non-hydrogen) atoms. The maximum Gasteiger partial charge on any atom is 0.246 e. The number of H-pyrrole nitrogens is 1. The first-order chi connectivity index (χ1) is 12.2. The van der Waals surface area contributed by atoms with Crippen molar-refractivity contribution in [3.8, 4) is 17.0 Å². The summed E-state index contributed by atoms with van der Waals surface area (Å²) < 4.78 is 11.1. The van der Waals surface area contributed by atoms with E-state index in [-0.39, 0.29) is 18.1 Å². The zero-order valence-electron chi connectivity index (χ0n) is 14.2. The highest BCUT2D eigenvalue weighted by Crippen LogP contribution is 2.30. The lowest BCUT2D eigenvalue weighted by molar-refractivity contribution is -0.142. The minimum absolute atomic E-state index is 0.0271. The summed E-state index contributed by atoms with van der Waals surface area (Å²) in [5, 5.41) is 10.3. The monoisotopic (exact) mass is 342 g/mol. The standard InChI is InChI=1S/C18H22N4O3/c1-24-15-4-2-13(3-5-15)17-14(8-20-21-17)9-22-7-6-18(12-22)11-19-16(23)10-25-18/h2-5,8H,6-7,9-12H2,1H3,(H,19,23)(H,20,21). The third-order valence-electron chi connectivity index (χ3n) is 5.00. The second-order valence-corrected chi connectivity index (χ2v) is 6.71. The zero-order chi connectivity index (χ0) is 17.3. The predicted molar refractivity (Wildman–Crippen MR) is 92.2 cm³/mol. The Morgan fingerprint density at radius 1 is 1.36 bits per heavy atom. The summed E-state index contributed by atoms with van der Waals surface area (Å²) in [7, 11) is 1.66. The van der Waals surface area contributed by atoms with Crippen LogP contribution in [0.2, 0.25) is 0 Å². The average molecular weight is 342 g/mol. The van der Waals surface area contributed by atoms with Gasteiger partial charge in [-0.15, -0.1) is 0 Å². The molecule has 3 heterocycles. The largest absolute Gasteiger partial charge is 0.497 e. The van der Waals surface area contributed by atoms with Gasteiger partial charge in [0.05, 0.1) is 24.6 Å². The van der Waals surface area contributed by atoms with Crippen molar-refractivity contribution in [2.75, 3.05) is 33.4 Å². The molecule has 2 aromatic rings. The van der Waals surface area contributed by atoms with E-state index in [0.717, 1.165) is 48.6 Å². The number of likely N-dealkylation sites (tertiary alicyclic amines) is 1. The van der Waals surface area contributed by atoms with Gasteiger partial charge < -0.3 is 14.8 Å². The number of aromatic nitrogens is 2. The van der Waals surface area contributed by atoms with Crippen LogP contribution in [0.25, 0.3) is 11.3 Å². The van der Waals surface area contributed by atoms with Crippen LogP contribution in [0.4, 0.5) is 0 Å². The third-order valence-corrected chi connectivity index (χ3v) is 5.00. The highest BCUT2D eigenvalue weighted by atomic mass is 16.5. The first-order valence-electron chi connectivity index (χ1n) is 8.47. The van der Waals surface area contributed by atoms with Gasteiger partial charge in [-0.25, -0.2) is 0 Å². The maximum atomic E-state index is 11.3. The lowest BCUT2D eigenvalue weighted by Gasteiger charge is -2.33. The van der Waals surface area contributed by atoms with Gasteiger partial charge in [0.1, 0.15) is 12.4 Å². The number of hydrogen-bond donors (Lipinski definition) is 2. The molecule has 2 N–H and O–H groups in total. The van der Waals surface area contributed by atoms with Gasteiger partial charge in [0.25, 0.3) is 0 Å². The van der Waals surface area contributed by atoms with Crippen molar-refractivity contribution in [3.05, 3.63) is 36.0 Å². The Labute approximate surface area is 146 Å². The molecular formula is C18H22N4O3. The minimum Gasteiger partial charge on any atom is -0.497 e. The van der Waals surface area contributed by atoms with E-state index in [2.05, 4.69) is 20.4 Å². The number of rotatable bonds is 4. The van der Waals surface area contributed by atoms with Gasteiger partial charge in [-0.1, -0.05) is 0 Å². The van der Waals surface area contributed by atoms with E-state index >= 15 is 0 Å². The molecule has 1 unspecified atom stereocenters. The van der Waals surface area contributed by atoms with Crippen LogP contribution < -0.4 is 10.1 Å². The molecule has 0 radical (unpaired) electrons. The molecule has 2 aliphatic heterocycles. The first-order valence-corrected chi connectivity index (χ1v) is 8.47. The maximum absolute atomic E-state index is 11.3. The molecule has 7 nitrogen and oxygen atoms in total. The van der Waals surface area contributed by atoms with Gasteiger partial charge in [0.2, 0.25) is 5.91 Å². The van der Waals surface area contributed by atoms with Crippen LogP contribution in [0.3, 0.4) is 0 Å². The highest BCUT2D eigenvalue weighted by Gasteiger charge is 2.42. The second kappa shape index (κ2) is 6.50. The Morgan fingerprint density at radius 2 is 2.20 bits per heavy atom. The molecule has 132 valence electrons. The number of carbonyl (C=O) groups is 1. The molecule has 4 rings (SSSR count). The molecule has 1 spiro atoms. The van der Waals surface area contributed by atoms with Gasteiger partial charge in [-0.05, 0) is 30.7 Å². The number of ether oxygens (including phenoxy) is 2. The summed E-state index contributed by atoms with van der Waals surface area (Å²) in [6, 6.07) is 7.95. The Balaban J connectivity index is 1.45. The van der Waals surface area contributed by atoms with E-state index in [0.29, 0.717) is 6.54 Å². The molecule has 2 fully saturated rings. The minimum atomic E-state index is -0.238. The number of aromatic amines is 1. The molecule has 0 bridgehead atoms. The van der Waals surface area contributed by atoms with Gasteiger partial charge >= 0.3 is 0 Å². The van der Waals surface area contributed by atoms with Crippen LogP contribution in [0.1, 0.15) is 12.0 Å². The average Bonchev–Trinajstić information content (AvgIpc) is 3.26. The van der Waals surface area contributed by atoms with Crippen LogP contribution in [-0.4, -0.2) is 60.0 Å². The van der Waals surface area contributed by atoms with E-state index in [9.17, 15) is 4.79 Å². The fourth-order valence-electron chi connectivity index (χ4n) is 3.58. The van der Waals surface area contributed by atoms with Crippen molar-refractivity contribution in [2.24, 2.45) is 0 Å². The summed E-state index contributed by atoms with van der Waals surface area (Å²) in [6.45, 7) is 3.33. The van der Waals surface area contributed by atoms with E-state index < -0.39 is 0 Å². The normalized spacial score (nSPS) is 23.8. The van der Waals surface area contributed by atoms with Gasteiger partial charge in [-0.3, -0.25) is 14.8 Å². The Kier molecular flexibility index (Phi) is 4.19. The number of amides is 1. The highest BCUT2D eigenvalue weighted by molar-refractivity contribution is 5.78. The molecule has 2 aliphatic rings. The summed E-state index contributed by atoms with van der Waals surface area (Å²) in [5.74, 6) is 0.809. The van der Waals surface area contributed by atoms with E-state index in [1.807, 2.05) is 30.5 Å². The summed E-state index contributed by atoms with van der Waals surface area (Å²) >= 11 is 0. The molecule has 1 amide bonds. The molecule has 2 saturated heterocycles. The first kappa shape index (κ1) is 16.1. The fourth-order valence-corrected chi connectivity index (χ4v) is 3.58. The molecule has 1 aromatic carbocycles. The van der Waals surface area contributed by atoms with Crippen LogP contribution in [0.15, 0.2) is 30.5 Å². The molecular weight excluding hydrogens is 320 g/mol. The Morgan fingerprint density at radius 3 is 2.92 bits per heavy atom. The third kappa shape index (κ3) is 3.25. The number of hydrogen-bond acceptors (Lipinski definition) is 5. The number of benzene rings is 1. The van der Waals surface area contributed by atoms with E-state index in [4.69, 9.17) is 9.47 Å². The van der Waals surface area contributed by atoms with Gasteiger partial charge in [0, 0.05) is 37.3 Å². The lowest BCUT2D eigenvalue weighted by Crippen LogP contribution is -2.53. The quantitative estimate of drug-likeness (QED) is 0.872. The predicted octanol–water partition coefficient (Wildman–Crippen LogP) is 1.18. The van der Waals surface area contributed by atoms with Crippen LogP contribution >= 0.6 is 0 Å². The van der Waals surface area contributed by atoms with Crippen molar-refractivity contribution in [1.82, 2.24) is 20.4 Å². The van der Waals surface area contributed by atoms with E-state index in [1.165, 1.54) is 0 Å². The smallest absolute Gasteiger partial charge is 0.246 e. The zero-order valence-corrected chi connectivity index (χ0v) is 14.2. The fraction of sp³-hybridized carbons (Fsp3) is 0.444. The molecule has 0 aliphatic carbocycles. The molecule has 1 atom stereocenters. The van der Waals surface area contributed by atoms with Crippen LogP contribution in [-0.2, 0) is 16.1 Å². The number of morpholine rings is 1. The SMILES string of the molecule is COc1ccc(-c2[nH]ncc2CN2CCC3(CNC(=O)CO3)C2)cc1. The van der Waals surface area contributed by atoms with Crippen molar-refractivity contribution < 1.29 is 14.3 Å². The summed E-state index contributed by atoms with van der Waals surface area (Å²) in [6.07, 6.45) is 2.82. The number of carbonyl (C=O) groups excluding carboxylic acids is 1. The van der Waals surface area contributed by atoms with Crippen molar-refractivity contribution in [1.29, 1.82) is 0 Å². The topological polar surface area (TPSA) is 79.5 Å². The van der Waals surface area contributed by atoms with Gasteiger partial charge in [0.15, 0.2) is 0 Å². The summed E-state index contributed by atoms with van der Waals surface area (Å²) in [5.41, 5.74) is 3.03. The van der Waals surface area contributed by atoms with Crippen molar-refractivity contribution in [2.45, 2.75) is 18.6 Å². The number of nitrogens with zero attached hydrogens (tertiary/aromatic N) is 2. The van der Waals surface area contributed by atoms with Gasteiger partial charge in [-0.2, -0.15) is 5.10 Å². The van der Waals surface area contributed by atoms with Crippen LogP contribution in [0.5, 0.6) is 5.75 Å². The Hall–Kier alpha value is -2.38. The molecule has 7 heteroatoms. The van der Waals surface area contributed by atoms with Crippen molar-refractivity contribution >= 4 is 5.91 Å². The van der Waals surface area contributed by atoms with E-state index in [1.54, 1.807) is 7.11 Å². The second-order valence-electron chi connectivity index (χ2n) is 6.71. The molecule has 1 aromatic heterocycles. The lowest BCUT2D eigenvalue weighted by atomic mass is 10.0. The number of nitrogens with one attached hydrogen (secondary N) is 2. The number of methoxy groups -OCH3 is 1. The van der Waals surface area contributed by atoms with Crippen molar-refractivity contribution in [3.63, 3.8) is 0 Å².